The first kappa shape index (κ1) is 32.1. The molecule has 0 aliphatic carbocycles. The number of hydrazine groups is 1. The van der Waals surface area contributed by atoms with Crippen molar-refractivity contribution in [3.63, 3.8) is 0 Å². The van der Waals surface area contributed by atoms with Gasteiger partial charge in [0.1, 0.15) is 18.9 Å². The van der Waals surface area contributed by atoms with Crippen molar-refractivity contribution in [2.75, 3.05) is 54.2 Å². The number of ether oxygens (including phenoxy) is 4. The molecule has 2 heterocycles. The van der Waals surface area contributed by atoms with Crippen LogP contribution in [0.2, 0.25) is 0 Å². The zero-order valence-corrected chi connectivity index (χ0v) is 26.9. The van der Waals surface area contributed by atoms with Gasteiger partial charge >= 0.3 is 0 Å². The average Bonchev–Trinajstić information content (AvgIpc) is 3.58. The first-order valence-electron chi connectivity index (χ1n) is 15.7. The normalized spacial score (nSPS) is 18.6. The molecule has 0 bridgehead atoms. The van der Waals surface area contributed by atoms with E-state index in [9.17, 15) is 9.59 Å². The molecule has 0 aromatic heterocycles. The maximum atomic E-state index is 14.1. The predicted molar refractivity (Wildman–Crippen MR) is 177 cm³/mol. The molecule has 10 nitrogen and oxygen atoms in total. The summed E-state index contributed by atoms with van der Waals surface area (Å²) >= 11 is 0. The molecule has 10 heteroatoms. The van der Waals surface area contributed by atoms with Crippen LogP contribution in [0.25, 0.3) is 0 Å². The molecule has 4 aromatic carbocycles. The molecular formula is C37H40N4O6. The SMILES string of the molecule is COc1cc(C(=O)N2COC(c3ccccc3)C2C(=O)NN2CCN(C(c3ccccc3)c3ccccc3)CC2)cc(OC)c1OC. The summed E-state index contributed by atoms with van der Waals surface area (Å²) in [7, 11) is 4.49. The second-order valence-electron chi connectivity index (χ2n) is 11.5. The van der Waals surface area contributed by atoms with Crippen LogP contribution in [0.4, 0.5) is 0 Å². The molecule has 0 spiro atoms. The lowest BCUT2D eigenvalue weighted by atomic mass is 9.96. The Morgan fingerprint density at radius 1 is 0.745 bits per heavy atom. The van der Waals surface area contributed by atoms with Crippen molar-refractivity contribution in [2.45, 2.75) is 18.2 Å². The van der Waals surface area contributed by atoms with Gasteiger partial charge in [0.2, 0.25) is 5.75 Å². The number of amides is 2. The minimum absolute atomic E-state index is 0.0588. The highest BCUT2D eigenvalue weighted by Crippen LogP contribution is 2.40. The van der Waals surface area contributed by atoms with Crippen LogP contribution in [0.1, 0.15) is 39.2 Å². The molecule has 2 atom stereocenters. The number of piperazine rings is 1. The number of carbonyl (C=O) groups excluding carboxylic acids is 2. The molecular weight excluding hydrogens is 596 g/mol. The van der Waals surface area contributed by atoms with Crippen molar-refractivity contribution in [3.05, 3.63) is 125 Å². The standard InChI is InChI=1S/C37H40N4O6/c1-44-30-23-29(24-31(45-2)35(30)46-3)37(43)41-25-47-34(28-17-11-6-12-18-28)33(41)36(42)38-40-21-19-39(20-22-40)32(26-13-7-4-8-14-26)27-15-9-5-10-16-27/h4-18,23-24,32-34H,19-22,25H2,1-3H3,(H,38,42). The van der Waals surface area contributed by atoms with Crippen molar-refractivity contribution in [2.24, 2.45) is 0 Å². The van der Waals surface area contributed by atoms with E-state index in [1.54, 1.807) is 12.1 Å². The largest absolute Gasteiger partial charge is 0.493 e. The Labute approximate surface area is 275 Å². The first-order valence-corrected chi connectivity index (χ1v) is 15.7. The second kappa shape index (κ2) is 14.7. The van der Waals surface area contributed by atoms with Gasteiger partial charge in [0.15, 0.2) is 11.5 Å². The summed E-state index contributed by atoms with van der Waals surface area (Å²) in [6, 6.07) is 32.9. The summed E-state index contributed by atoms with van der Waals surface area (Å²) in [6.07, 6.45) is -0.649. The number of nitrogens with one attached hydrogen (secondary N) is 1. The molecule has 0 saturated carbocycles. The maximum Gasteiger partial charge on any atom is 0.260 e. The lowest BCUT2D eigenvalue weighted by molar-refractivity contribution is -0.131. The zero-order chi connectivity index (χ0) is 32.8. The van der Waals surface area contributed by atoms with Crippen LogP contribution in [0, 0.1) is 0 Å². The van der Waals surface area contributed by atoms with Crippen LogP contribution in [0.3, 0.4) is 0 Å². The monoisotopic (exact) mass is 636 g/mol. The van der Waals surface area contributed by atoms with Gasteiger partial charge in [-0.15, -0.1) is 0 Å². The van der Waals surface area contributed by atoms with Crippen LogP contribution >= 0.6 is 0 Å². The van der Waals surface area contributed by atoms with Crippen LogP contribution in [0.5, 0.6) is 17.2 Å². The quantitative estimate of drug-likeness (QED) is 0.268. The Bertz CT molecular complexity index is 1580. The molecule has 47 heavy (non-hydrogen) atoms. The van der Waals surface area contributed by atoms with Crippen LogP contribution in [-0.2, 0) is 9.53 Å². The third-order valence-electron chi connectivity index (χ3n) is 8.76. The van der Waals surface area contributed by atoms with Gasteiger partial charge in [-0.1, -0.05) is 91.0 Å². The van der Waals surface area contributed by atoms with E-state index in [4.69, 9.17) is 18.9 Å². The number of benzene rings is 4. The molecule has 0 radical (unpaired) electrons. The summed E-state index contributed by atoms with van der Waals surface area (Å²) in [5, 5.41) is 1.94. The van der Waals surface area contributed by atoms with Gasteiger partial charge in [0.05, 0.1) is 27.4 Å². The fourth-order valence-electron chi connectivity index (χ4n) is 6.45. The smallest absolute Gasteiger partial charge is 0.260 e. The summed E-state index contributed by atoms with van der Waals surface area (Å²) in [5.41, 5.74) is 6.68. The lowest BCUT2D eigenvalue weighted by Crippen LogP contribution is -2.58. The summed E-state index contributed by atoms with van der Waals surface area (Å²) < 4.78 is 22.6. The summed E-state index contributed by atoms with van der Waals surface area (Å²) in [6.45, 7) is 2.66. The van der Waals surface area contributed by atoms with E-state index in [0.717, 1.165) is 18.7 Å². The highest BCUT2D eigenvalue weighted by molar-refractivity contribution is 5.99. The molecule has 2 aliphatic heterocycles. The highest BCUT2D eigenvalue weighted by Gasteiger charge is 2.45. The molecule has 2 aliphatic rings. The zero-order valence-electron chi connectivity index (χ0n) is 26.9. The number of carbonyl (C=O) groups is 2. The van der Waals surface area contributed by atoms with Crippen molar-refractivity contribution in [1.82, 2.24) is 20.2 Å². The third-order valence-corrected chi connectivity index (χ3v) is 8.76. The van der Waals surface area contributed by atoms with Crippen LogP contribution in [-0.4, -0.2) is 86.9 Å². The highest BCUT2D eigenvalue weighted by atomic mass is 16.5. The third kappa shape index (κ3) is 6.80. The molecule has 2 fully saturated rings. The Hall–Kier alpha value is -4.90. The Morgan fingerprint density at radius 3 is 1.79 bits per heavy atom. The number of nitrogens with zero attached hydrogens (tertiary/aromatic N) is 3. The van der Waals surface area contributed by atoms with Gasteiger partial charge in [-0.3, -0.25) is 19.9 Å². The first-order chi connectivity index (χ1) is 23.0. The van der Waals surface area contributed by atoms with Gasteiger partial charge in [-0.2, -0.15) is 0 Å². The molecule has 244 valence electrons. The fourth-order valence-corrected chi connectivity index (χ4v) is 6.45. The molecule has 2 amide bonds. The number of rotatable bonds is 10. The van der Waals surface area contributed by atoms with E-state index in [1.165, 1.54) is 37.4 Å². The molecule has 1 N–H and O–H groups in total. The minimum atomic E-state index is -0.914. The Kier molecular flexibility index (Phi) is 10.0. The fraction of sp³-hybridized carbons (Fsp3) is 0.297. The van der Waals surface area contributed by atoms with E-state index in [0.29, 0.717) is 30.3 Å². The van der Waals surface area contributed by atoms with Gasteiger partial charge in [0.25, 0.3) is 11.8 Å². The molecule has 2 unspecified atom stereocenters. The van der Waals surface area contributed by atoms with Crippen LogP contribution < -0.4 is 19.6 Å². The molecule has 6 rings (SSSR count). The molecule has 2 saturated heterocycles. The van der Waals surface area contributed by atoms with Gasteiger partial charge in [-0.25, -0.2) is 5.01 Å². The van der Waals surface area contributed by atoms with E-state index < -0.39 is 12.1 Å². The van der Waals surface area contributed by atoms with Gasteiger partial charge < -0.3 is 23.8 Å². The Morgan fingerprint density at radius 2 is 1.28 bits per heavy atom. The minimum Gasteiger partial charge on any atom is -0.493 e. The average molecular weight is 637 g/mol. The van der Waals surface area contributed by atoms with Crippen LogP contribution in [0.15, 0.2) is 103 Å². The number of methoxy groups -OCH3 is 3. The van der Waals surface area contributed by atoms with Crippen molar-refractivity contribution < 1.29 is 28.5 Å². The van der Waals surface area contributed by atoms with Crippen molar-refractivity contribution >= 4 is 11.8 Å². The summed E-state index contributed by atoms with van der Waals surface area (Å²) in [5.74, 6) is 0.368. The summed E-state index contributed by atoms with van der Waals surface area (Å²) in [4.78, 5) is 32.1. The predicted octanol–water partition coefficient (Wildman–Crippen LogP) is 4.69. The van der Waals surface area contributed by atoms with Crippen molar-refractivity contribution in [1.29, 1.82) is 0 Å². The maximum absolute atomic E-state index is 14.1. The number of hydrogen-bond acceptors (Lipinski definition) is 8. The topological polar surface area (TPSA) is 92.8 Å². The molecule has 4 aromatic rings. The van der Waals surface area contributed by atoms with E-state index in [2.05, 4.69) is 58.9 Å². The second-order valence-corrected chi connectivity index (χ2v) is 11.5. The lowest BCUT2D eigenvalue weighted by Gasteiger charge is -2.40. The number of hydrogen-bond donors (Lipinski definition) is 1. The van der Waals surface area contributed by atoms with Gasteiger partial charge in [0, 0.05) is 31.7 Å². The van der Waals surface area contributed by atoms with E-state index in [1.807, 2.05) is 47.5 Å². The van der Waals surface area contributed by atoms with E-state index in [-0.39, 0.29) is 30.2 Å². The van der Waals surface area contributed by atoms with E-state index >= 15 is 0 Å². The Balaban J connectivity index is 1.21. The van der Waals surface area contributed by atoms with Gasteiger partial charge in [-0.05, 0) is 28.8 Å². The van der Waals surface area contributed by atoms with Crippen molar-refractivity contribution in [3.8, 4) is 17.2 Å².